The summed E-state index contributed by atoms with van der Waals surface area (Å²) in [5.74, 6) is -0.382. The minimum atomic E-state index is -2.92. The predicted octanol–water partition coefficient (Wildman–Crippen LogP) is 2.80. The fourth-order valence-corrected chi connectivity index (χ4v) is 1.43. The molecule has 1 aromatic rings. The highest BCUT2D eigenvalue weighted by molar-refractivity contribution is 9.10. The van der Waals surface area contributed by atoms with Crippen LogP contribution in [0.5, 0.6) is 5.75 Å². The number of carbonyl (C=O) groups excluding carboxylic acids is 1. The Morgan fingerprint density at radius 1 is 1.56 bits per heavy atom. The molecule has 0 saturated carbocycles. The Morgan fingerprint density at radius 2 is 2.25 bits per heavy atom. The third kappa shape index (κ3) is 3.44. The lowest BCUT2D eigenvalue weighted by Crippen LogP contribution is -2.22. The highest BCUT2D eigenvalue weighted by Crippen LogP contribution is 2.27. The van der Waals surface area contributed by atoms with Crippen LogP contribution in [0.1, 0.15) is 17.3 Å². The van der Waals surface area contributed by atoms with E-state index in [2.05, 4.69) is 26.0 Å². The zero-order valence-corrected chi connectivity index (χ0v) is 10.1. The van der Waals surface area contributed by atoms with Gasteiger partial charge in [0.1, 0.15) is 5.75 Å². The van der Waals surface area contributed by atoms with E-state index in [-0.39, 0.29) is 17.2 Å². The molecule has 16 heavy (non-hydrogen) atoms. The Balaban J connectivity index is 2.93. The Bertz CT molecular complexity index is 385. The lowest BCUT2D eigenvalue weighted by molar-refractivity contribution is -0.0504. The number of carbonyl (C=O) groups is 1. The number of benzene rings is 1. The zero-order chi connectivity index (χ0) is 12.1. The van der Waals surface area contributed by atoms with Crippen LogP contribution in [0.2, 0.25) is 0 Å². The van der Waals surface area contributed by atoms with Crippen molar-refractivity contribution in [3.63, 3.8) is 0 Å². The normalized spacial score (nSPS) is 10.3. The number of rotatable bonds is 4. The predicted molar refractivity (Wildman–Crippen MR) is 58.8 cm³/mol. The first-order valence-corrected chi connectivity index (χ1v) is 5.36. The SMILES string of the molecule is CCNC(=O)c1ccc(Br)c(OC(F)F)c1. The fourth-order valence-electron chi connectivity index (χ4n) is 1.09. The van der Waals surface area contributed by atoms with Crippen molar-refractivity contribution in [2.24, 2.45) is 0 Å². The molecule has 0 bridgehead atoms. The molecule has 0 atom stereocenters. The summed E-state index contributed by atoms with van der Waals surface area (Å²) in [5.41, 5.74) is 0.278. The Hall–Kier alpha value is -1.17. The molecule has 0 saturated heterocycles. The van der Waals surface area contributed by atoms with Gasteiger partial charge < -0.3 is 10.1 Å². The van der Waals surface area contributed by atoms with Crippen molar-refractivity contribution >= 4 is 21.8 Å². The summed E-state index contributed by atoms with van der Waals surface area (Å²) < 4.78 is 28.7. The van der Waals surface area contributed by atoms with Gasteiger partial charge in [0.25, 0.3) is 5.91 Å². The molecular formula is C10H10BrF2NO2. The van der Waals surface area contributed by atoms with Gasteiger partial charge in [-0.2, -0.15) is 8.78 Å². The third-order valence-electron chi connectivity index (χ3n) is 1.75. The minimum Gasteiger partial charge on any atom is -0.434 e. The van der Waals surface area contributed by atoms with Gasteiger partial charge in [-0.05, 0) is 41.1 Å². The average Bonchev–Trinajstić information content (AvgIpc) is 2.21. The van der Waals surface area contributed by atoms with Gasteiger partial charge in [-0.1, -0.05) is 0 Å². The second kappa shape index (κ2) is 5.79. The molecule has 1 amide bonds. The van der Waals surface area contributed by atoms with Crippen molar-refractivity contribution < 1.29 is 18.3 Å². The zero-order valence-electron chi connectivity index (χ0n) is 8.47. The molecular weight excluding hydrogens is 284 g/mol. The Morgan fingerprint density at radius 3 is 2.81 bits per heavy atom. The Labute approximate surface area is 99.9 Å². The summed E-state index contributed by atoms with van der Waals surface area (Å²) in [5, 5.41) is 2.56. The van der Waals surface area contributed by atoms with E-state index < -0.39 is 6.61 Å². The molecule has 0 aromatic heterocycles. The first kappa shape index (κ1) is 12.9. The maximum atomic E-state index is 12.0. The van der Waals surface area contributed by atoms with Crippen LogP contribution in [0, 0.1) is 0 Å². The molecule has 0 fully saturated rings. The molecule has 1 aromatic carbocycles. The number of alkyl halides is 2. The molecule has 1 rings (SSSR count). The van der Waals surface area contributed by atoms with Crippen LogP contribution in [0.4, 0.5) is 8.78 Å². The second-order valence-electron chi connectivity index (χ2n) is 2.88. The van der Waals surface area contributed by atoms with Crippen molar-refractivity contribution in [1.82, 2.24) is 5.32 Å². The van der Waals surface area contributed by atoms with Crippen LogP contribution in [-0.2, 0) is 0 Å². The molecule has 0 heterocycles. The van der Waals surface area contributed by atoms with Crippen molar-refractivity contribution in [3.8, 4) is 5.75 Å². The van der Waals surface area contributed by atoms with Crippen LogP contribution >= 0.6 is 15.9 Å². The smallest absolute Gasteiger partial charge is 0.387 e. The fraction of sp³-hybridized carbons (Fsp3) is 0.300. The van der Waals surface area contributed by atoms with Gasteiger partial charge >= 0.3 is 6.61 Å². The molecule has 1 N–H and O–H groups in total. The molecule has 3 nitrogen and oxygen atoms in total. The lowest BCUT2D eigenvalue weighted by Gasteiger charge is -2.08. The van der Waals surface area contributed by atoms with Gasteiger partial charge in [0.2, 0.25) is 0 Å². The van der Waals surface area contributed by atoms with Crippen LogP contribution in [-0.4, -0.2) is 19.1 Å². The summed E-state index contributed by atoms with van der Waals surface area (Å²) in [7, 11) is 0. The standard InChI is InChI=1S/C10H10BrF2NO2/c1-2-14-9(15)6-3-4-7(11)8(5-6)16-10(12)13/h3-5,10H,2H2,1H3,(H,14,15). The van der Waals surface area contributed by atoms with Gasteiger partial charge in [0.15, 0.2) is 0 Å². The van der Waals surface area contributed by atoms with Crippen molar-refractivity contribution in [2.75, 3.05) is 6.54 Å². The van der Waals surface area contributed by atoms with E-state index in [9.17, 15) is 13.6 Å². The molecule has 0 spiro atoms. The number of hydrogen-bond donors (Lipinski definition) is 1. The number of amides is 1. The van der Waals surface area contributed by atoms with E-state index in [1.54, 1.807) is 6.92 Å². The van der Waals surface area contributed by atoms with Gasteiger partial charge in [-0.3, -0.25) is 4.79 Å². The van der Waals surface area contributed by atoms with Crippen molar-refractivity contribution in [1.29, 1.82) is 0 Å². The van der Waals surface area contributed by atoms with E-state index >= 15 is 0 Å². The quantitative estimate of drug-likeness (QED) is 0.927. The van der Waals surface area contributed by atoms with Crippen molar-refractivity contribution in [3.05, 3.63) is 28.2 Å². The minimum absolute atomic E-state index is 0.0567. The number of hydrogen-bond acceptors (Lipinski definition) is 2. The highest BCUT2D eigenvalue weighted by atomic mass is 79.9. The second-order valence-corrected chi connectivity index (χ2v) is 3.74. The van der Waals surface area contributed by atoms with Gasteiger partial charge in [0.05, 0.1) is 4.47 Å². The maximum Gasteiger partial charge on any atom is 0.387 e. The summed E-state index contributed by atoms with van der Waals surface area (Å²) >= 11 is 3.06. The largest absolute Gasteiger partial charge is 0.434 e. The van der Waals surface area contributed by atoms with Crippen LogP contribution in [0.3, 0.4) is 0 Å². The molecule has 0 radical (unpaired) electrons. The Kier molecular flexibility index (Phi) is 4.67. The van der Waals surface area contributed by atoms with Crippen LogP contribution in [0.15, 0.2) is 22.7 Å². The maximum absolute atomic E-state index is 12.0. The van der Waals surface area contributed by atoms with Crippen LogP contribution in [0.25, 0.3) is 0 Å². The number of nitrogens with one attached hydrogen (secondary N) is 1. The summed E-state index contributed by atoms with van der Waals surface area (Å²) in [6.45, 7) is -0.673. The van der Waals surface area contributed by atoms with E-state index in [4.69, 9.17) is 0 Å². The van der Waals surface area contributed by atoms with E-state index in [0.29, 0.717) is 11.0 Å². The third-order valence-corrected chi connectivity index (χ3v) is 2.40. The van der Waals surface area contributed by atoms with E-state index in [0.717, 1.165) is 0 Å². The molecule has 0 aliphatic carbocycles. The van der Waals surface area contributed by atoms with Gasteiger partial charge in [-0.15, -0.1) is 0 Å². The summed E-state index contributed by atoms with van der Waals surface area (Å²) in [6.07, 6.45) is 0. The highest BCUT2D eigenvalue weighted by Gasteiger charge is 2.12. The average molecular weight is 294 g/mol. The van der Waals surface area contributed by atoms with Gasteiger partial charge in [-0.25, -0.2) is 0 Å². The lowest BCUT2D eigenvalue weighted by atomic mass is 10.2. The van der Waals surface area contributed by atoms with Crippen LogP contribution < -0.4 is 10.1 Å². The molecule has 6 heteroatoms. The first-order valence-electron chi connectivity index (χ1n) is 4.57. The topological polar surface area (TPSA) is 38.3 Å². The number of halogens is 3. The first-order chi connectivity index (χ1) is 7.54. The monoisotopic (exact) mass is 293 g/mol. The van der Waals surface area contributed by atoms with Gasteiger partial charge in [0, 0.05) is 12.1 Å². The molecule has 0 unspecified atom stereocenters. The molecule has 0 aliphatic heterocycles. The van der Waals surface area contributed by atoms with Crippen molar-refractivity contribution in [2.45, 2.75) is 13.5 Å². The number of ether oxygens (including phenoxy) is 1. The summed E-state index contributed by atoms with van der Waals surface area (Å²) in [4.78, 5) is 11.4. The molecule has 0 aliphatic rings. The van der Waals surface area contributed by atoms with E-state index in [1.165, 1.54) is 18.2 Å². The molecule has 88 valence electrons. The summed E-state index contributed by atoms with van der Waals surface area (Å²) in [6, 6.07) is 4.27. The van der Waals surface area contributed by atoms with E-state index in [1.807, 2.05) is 0 Å².